The van der Waals surface area contributed by atoms with Crippen LogP contribution >= 0.6 is 0 Å². The quantitative estimate of drug-likeness (QED) is 0.933. The maximum absolute atomic E-state index is 12.4. The van der Waals surface area contributed by atoms with E-state index in [2.05, 4.69) is 5.10 Å². The van der Waals surface area contributed by atoms with Crippen molar-refractivity contribution in [2.75, 3.05) is 0 Å². The van der Waals surface area contributed by atoms with Gasteiger partial charge in [-0.3, -0.25) is 4.68 Å². The highest BCUT2D eigenvalue weighted by atomic mass is 19.4. The molecule has 8 heteroatoms. The van der Waals surface area contributed by atoms with E-state index in [1.807, 2.05) is 0 Å². The van der Waals surface area contributed by atoms with Crippen LogP contribution in [0.15, 0.2) is 22.9 Å². The fourth-order valence-corrected chi connectivity index (χ4v) is 1.59. The molecule has 0 amide bonds. The van der Waals surface area contributed by atoms with Crippen LogP contribution in [0.1, 0.15) is 27.4 Å². The molecule has 0 aliphatic rings. The van der Waals surface area contributed by atoms with Gasteiger partial charge < -0.3 is 9.52 Å². The zero-order chi connectivity index (χ0) is 14.2. The van der Waals surface area contributed by atoms with E-state index in [9.17, 15) is 18.0 Å². The van der Waals surface area contributed by atoms with Crippen LogP contribution in [0.25, 0.3) is 0 Å². The molecular weight excluding hydrogens is 265 g/mol. The number of furan rings is 1. The summed E-state index contributed by atoms with van der Waals surface area (Å²) >= 11 is 0. The number of rotatable bonds is 3. The highest BCUT2D eigenvalue weighted by Crippen LogP contribution is 2.28. The number of aromatic nitrogens is 2. The monoisotopic (exact) mass is 274 g/mol. The third kappa shape index (κ3) is 2.78. The van der Waals surface area contributed by atoms with Gasteiger partial charge in [-0.15, -0.1) is 0 Å². The lowest BCUT2D eigenvalue weighted by molar-refractivity contribution is -0.137. The van der Waals surface area contributed by atoms with Gasteiger partial charge in [0.2, 0.25) is 0 Å². The third-order valence-corrected chi connectivity index (χ3v) is 2.48. The number of alkyl halides is 3. The van der Waals surface area contributed by atoms with Crippen LogP contribution in [0, 0.1) is 6.92 Å². The number of aromatic carboxylic acids is 1. The molecule has 0 aliphatic heterocycles. The van der Waals surface area contributed by atoms with Gasteiger partial charge in [0.25, 0.3) is 0 Å². The van der Waals surface area contributed by atoms with Crippen molar-refractivity contribution in [3.05, 3.63) is 41.1 Å². The molecule has 5 nitrogen and oxygen atoms in total. The molecule has 19 heavy (non-hydrogen) atoms. The zero-order valence-corrected chi connectivity index (χ0v) is 9.73. The van der Waals surface area contributed by atoms with E-state index in [0.717, 1.165) is 10.9 Å². The molecule has 2 rings (SSSR count). The Kier molecular flexibility index (Phi) is 3.09. The van der Waals surface area contributed by atoms with Crippen molar-refractivity contribution >= 4 is 5.97 Å². The van der Waals surface area contributed by atoms with Crippen molar-refractivity contribution in [1.29, 1.82) is 0 Å². The predicted molar refractivity (Wildman–Crippen MR) is 56.7 cm³/mol. The number of halogens is 3. The Morgan fingerprint density at radius 1 is 1.53 bits per heavy atom. The summed E-state index contributed by atoms with van der Waals surface area (Å²) in [6.07, 6.45) is -2.92. The number of nitrogens with zero attached hydrogens (tertiary/aromatic N) is 2. The first kappa shape index (κ1) is 13.2. The summed E-state index contributed by atoms with van der Waals surface area (Å²) in [7, 11) is 0. The molecule has 0 saturated heterocycles. The number of hydrogen-bond acceptors (Lipinski definition) is 3. The first-order valence-electron chi connectivity index (χ1n) is 5.19. The normalized spacial score (nSPS) is 11.8. The summed E-state index contributed by atoms with van der Waals surface area (Å²) in [5, 5.41) is 12.4. The number of carboxylic acids is 1. The maximum atomic E-state index is 12.4. The summed E-state index contributed by atoms with van der Waals surface area (Å²) in [6, 6.07) is 1.27. The molecule has 2 aromatic rings. The molecule has 1 N–H and O–H groups in total. The van der Waals surface area contributed by atoms with E-state index in [4.69, 9.17) is 9.52 Å². The largest absolute Gasteiger partial charge is 0.478 e. The van der Waals surface area contributed by atoms with Crippen LogP contribution in [0.2, 0.25) is 0 Å². The summed E-state index contributed by atoms with van der Waals surface area (Å²) in [5.74, 6) is -0.721. The predicted octanol–water partition coefficient (Wildman–Crippen LogP) is 2.55. The second-order valence-corrected chi connectivity index (χ2v) is 3.91. The number of carboxylic acid groups (broad SMARTS) is 1. The van der Waals surface area contributed by atoms with E-state index < -0.39 is 17.7 Å². The average molecular weight is 274 g/mol. The van der Waals surface area contributed by atoms with Gasteiger partial charge in [-0.05, 0) is 13.0 Å². The summed E-state index contributed by atoms with van der Waals surface area (Å²) in [5.41, 5.74) is -0.882. The average Bonchev–Trinajstić information content (AvgIpc) is 2.85. The van der Waals surface area contributed by atoms with E-state index >= 15 is 0 Å². The van der Waals surface area contributed by atoms with Crippen molar-refractivity contribution < 1.29 is 27.5 Å². The second-order valence-electron chi connectivity index (χ2n) is 3.91. The molecule has 0 radical (unpaired) electrons. The fourth-order valence-electron chi connectivity index (χ4n) is 1.59. The highest BCUT2D eigenvalue weighted by Gasteiger charge is 2.32. The molecule has 0 spiro atoms. The van der Waals surface area contributed by atoms with E-state index in [1.165, 1.54) is 13.0 Å². The van der Waals surface area contributed by atoms with Gasteiger partial charge in [0.05, 0.1) is 18.3 Å². The Balaban J connectivity index is 2.20. The second kappa shape index (κ2) is 4.45. The molecular formula is C11H9F3N2O3. The van der Waals surface area contributed by atoms with Crippen molar-refractivity contribution in [3.63, 3.8) is 0 Å². The molecule has 0 atom stereocenters. The summed E-state index contributed by atoms with van der Waals surface area (Å²) < 4.78 is 43.3. The first-order valence-corrected chi connectivity index (χ1v) is 5.19. The number of carbonyl (C=O) groups is 1. The van der Waals surface area contributed by atoms with Crippen molar-refractivity contribution in [1.82, 2.24) is 9.78 Å². The third-order valence-electron chi connectivity index (χ3n) is 2.48. The lowest BCUT2D eigenvalue weighted by atomic mass is 10.2. The van der Waals surface area contributed by atoms with Gasteiger partial charge in [-0.25, -0.2) is 4.79 Å². The Labute approximate surface area is 105 Å². The minimum absolute atomic E-state index is 0.0156. The molecule has 102 valence electrons. The first-order chi connectivity index (χ1) is 8.77. The molecule has 2 aromatic heterocycles. The molecule has 0 aromatic carbocycles. The summed E-state index contributed by atoms with van der Waals surface area (Å²) in [6.45, 7) is 1.40. The number of aryl methyl sites for hydroxylation is 1. The van der Waals surface area contributed by atoms with Crippen LogP contribution in [0.4, 0.5) is 13.2 Å². The Bertz CT molecular complexity index is 613. The fraction of sp³-hybridized carbons (Fsp3) is 0.273. The highest BCUT2D eigenvalue weighted by molar-refractivity contribution is 5.88. The Morgan fingerprint density at radius 3 is 2.68 bits per heavy atom. The van der Waals surface area contributed by atoms with E-state index in [0.29, 0.717) is 6.20 Å². The van der Waals surface area contributed by atoms with Crippen LogP contribution in [-0.2, 0) is 12.7 Å². The standard InChI is InChI=1S/C11H9F3N2O3/c1-6-9(10(17)18)2-8(19-6)5-16-4-7(3-15-16)11(12,13)14/h2-4H,5H2,1H3,(H,17,18). The topological polar surface area (TPSA) is 68.3 Å². The van der Waals surface area contributed by atoms with Crippen molar-refractivity contribution in [3.8, 4) is 0 Å². The van der Waals surface area contributed by atoms with Gasteiger partial charge >= 0.3 is 12.1 Å². The minimum Gasteiger partial charge on any atom is -0.478 e. The summed E-state index contributed by atoms with van der Waals surface area (Å²) in [4.78, 5) is 10.8. The minimum atomic E-state index is -4.45. The van der Waals surface area contributed by atoms with Gasteiger partial charge in [0.15, 0.2) is 0 Å². The van der Waals surface area contributed by atoms with Crippen LogP contribution in [-0.4, -0.2) is 20.9 Å². The van der Waals surface area contributed by atoms with Crippen molar-refractivity contribution in [2.24, 2.45) is 0 Å². The maximum Gasteiger partial charge on any atom is 0.419 e. The smallest absolute Gasteiger partial charge is 0.419 e. The Hall–Kier alpha value is -2.25. The van der Waals surface area contributed by atoms with E-state index in [-0.39, 0.29) is 23.6 Å². The zero-order valence-electron chi connectivity index (χ0n) is 9.73. The van der Waals surface area contributed by atoms with Crippen molar-refractivity contribution in [2.45, 2.75) is 19.6 Å². The molecule has 0 unspecified atom stereocenters. The molecule has 0 fully saturated rings. The molecule has 0 bridgehead atoms. The van der Waals surface area contributed by atoms with Crippen LogP contribution < -0.4 is 0 Å². The van der Waals surface area contributed by atoms with Crippen LogP contribution in [0.3, 0.4) is 0 Å². The Morgan fingerprint density at radius 2 is 2.21 bits per heavy atom. The lowest BCUT2D eigenvalue weighted by Crippen LogP contribution is -2.03. The van der Waals surface area contributed by atoms with Crippen LogP contribution in [0.5, 0.6) is 0 Å². The molecule has 0 aliphatic carbocycles. The number of hydrogen-bond donors (Lipinski definition) is 1. The van der Waals surface area contributed by atoms with E-state index in [1.54, 1.807) is 0 Å². The van der Waals surface area contributed by atoms with Gasteiger partial charge in [0.1, 0.15) is 17.1 Å². The SMILES string of the molecule is Cc1oc(Cn2cc(C(F)(F)F)cn2)cc1C(=O)O. The molecule has 2 heterocycles. The van der Waals surface area contributed by atoms with Gasteiger partial charge in [0, 0.05) is 6.20 Å². The lowest BCUT2D eigenvalue weighted by Gasteiger charge is -2.00. The van der Waals surface area contributed by atoms with Gasteiger partial charge in [-0.1, -0.05) is 0 Å². The van der Waals surface area contributed by atoms with Gasteiger partial charge in [-0.2, -0.15) is 18.3 Å². The molecule has 0 saturated carbocycles.